The highest BCUT2D eigenvalue weighted by molar-refractivity contribution is 6.10. The Hall–Kier alpha value is -2.17. The summed E-state index contributed by atoms with van der Waals surface area (Å²) >= 11 is 0. The van der Waals surface area contributed by atoms with Gasteiger partial charge >= 0.3 is 0 Å². The van der Waals surface area contributed by atoms with Crippen LogP contribution in [0.4, 0.5) is 5.69 Å². The van der Waals surface area contributed by atoms with Gasteiger partial charge in [0.05, 0.1) is 11.1 Å². The molecule has 2 heterocycles. The van der Waals surface area contributed by atoms with Gasteiger partial charge in [0.15, 0.2) is 0 Å². The smallest absolute Gasteiger partial charge is 0.243 e. The summed E-state index contributed by atoms with van der Waals surface area (Å²) in [5.41, 5.74) is 5.83. The van der Waals surface area contributed by atoms with Crippen LogP contribution in [0.2, 0.25) is 0 Å². The second kappa shape index (κ2) is 4.22. The standard InChI is InChI=1S/C18H21N3O2/c1-17(2)12-7-9(14-10-8-11(10)15(22)21-20-14)5-6-13(12)19-16(23)18(17,3)4/h5-7,10-11H,8H2,1-4H3,(H,19,23)(H,21,22). The van der Waals surface area contributed by atoms with E-state index in [1.807, 2.05) is 26.0 Å². The first-order valence-corrected chi connectivity index (χ1v) is 8.07. The summed E-state index contributed by atoms with van der Waals surface area (Å²) in [6.45, 7) is 8.18. The van der Waals surface area contributed by atoms with E-state index in [0.717, 1.165) is 28.9 Å². The van der Waals surface area contributed by atoms with Crippen molar-refractivity contribution in [3.05, 3.63) is 29.3 Å². The Morgan fingerprint density at radius 1 is 1.09 bits per heavy atom. The third-order valence-electron chi connectivity index (χ3n) is 6.13. The molecule has 2 amide bonds. The molecule has 2 unspecified atom stereocenters. The number of carbonyl (C=O) groups excluding carboxylic acids is 2. The Morgan fingerprint density at radius 3 is 2.57 bits per heavy atom. The molecule has 1 aromatic carbocycles. The van der Waals surface area contributed by atoms with Gasteiger partial charge in [0.25, 0.3) is 0 Å². The number of amides is 2. The molecule has 0 radical (unpaired) electrons. The minimum Gasteiger partial charge on any atom is -0.325 e. The molecular formula is C18H21N3O2. The lowest BCUT2D eigenvalue weighted by molar-refractivity contribution is -0.127. The molecule has 23 heavy (non-hydrogen) atoms. The predicted octanol–water partition coefficient (Wildman–Crippen LogP) is 2.41. The Balaban J connectivity index is 1.80. The molecule has 4 rings (SSSR count). The Bertz CT molecular complexity index is 776. The van der Waals surface area contributed by atoms with Crippen LogP contribution in [0, 0.1) is 17.3 Å². The molecule has 2 N–H and O–H groups in total. The number of hydrogen-bond acceptors (Lipinski definition) is 3. The van der Waals surface area contributed by atoms with Crippen molar-refractivity contribution in [1.29, 1.82) is 0 Å². The van der Waals surface area contributed by atoms with E-state index in [2.05, 4.69) is 35.8 Å². The van der Waals surface area contributed by atoms with Crippen molar-refractivity contribution >= 4 is 23.2 Å². The first-order chi connectivity index (χ1) is 10.7. The van der Waals surface area contributed by atoms with E-state index < -0.39 is 5.41 Å². The van der Waals surface area contributed by atoms with E-state index >= 15 is 0 Å². The van der Waals surface area contributed by atoms with E-state index in [1.54, 1.807) is 0 Å². The molecule has 5 heteroatoms. The van der Waals surface area contributed by atoms with Crippen LogP contribution in [0.25, 0.3) is 0 Å². The van der Waals surface area contributed by atoms with E-state index in [-0.39, 0.29) is 29.1 Å². The topological polar surface area (TPSA) is 70.6 Å². The second-order valence-electron chi connectivity index (χ2n) is 7.89. The van der Waals surface area contributed by atoms with Crippen LogP contribution in [0.3, 0.4) is 0 Å². The van der Waals surface area contributed by atoms with Gasteiger partial charge in [-0.3, -0.25) is 9.59 Å². The van der Waals surface area contributed by atoms with Crippen molar-refractivity contribution in [1.82, 2.24) is 5.43 Å². The average Bonchev–Trinajstić information content (AvgIpc) is 3.28. The molecule has 0 spiro atoms. The number of benzene rings is 1. The normalized spacial score (nSPS) is 29.7. The van der Waals surface area contributed by atoms with Crippen LogP contribution in [0.15, 0.2) is 23.3 Å². The lowest BCUT2D eigenvalue weighted by Crippen LogP contribution is -2.50. The molecular weight excluding hydrogens is 290 g/mol. The molecule has 1 aromatic rings. The number of fused-ring (bicyclic) bond motifs is 2. The van der Waals surface area contributed by atoms with Crippen molar-refractivity contribution in [2.24, 2.45) is 22.4 Å². The fraction of sp³-hybridized carbons (Fsp3) is 0.500. The SMILES string of the molecule is CC1(C)C(=O)Nc2ccc(C3=NNC(=O)C4CC34)cc2C1(C)C. The average molecular weight is 311 g/mol. The van der Waals surface area contributed by atoms with Crippen LogP contribution in [0.5, 0.6) is 0 Å². The highest BCUT2D eigenvalue weighted by Gasteiger charge is 2.51. The second-order valence-corrected chi connectivity index (χ2v) is 7.89. The predicted molar refractivity (Wildman–Crippen MR) is 88.2 cm³/mol. The van der Waals surface area contributed by atoms with Gasteiger partial charge in [-0.1, -0.05) is 33.8 Å². The zero-order valence-corrected chi connectivity index (χ0v) is 13.9. The minimum atomic E-state index is -0.497. The third-order valence-corrected chi connectivity index (χ3v) is 6.13. The quantitative estimate of drug-likeness (QED) is 0.836. The monoisotopic (exact) mass is 311 g/mol. The van der Waals surface area contributed by atoms with Gasteiger partial charge in [-0.25, -0.2) is 5.43 Å². The molecule has 0 bridgehead atoms. The van der Waals surface area contributed by atoms with Crippen LogP contribution >= 0.6 is 0 Å². The van der Waals surface area contributed by atoms with Gasteiger partial charge in [0.1, 0.15) is 0 Å². The molecule has 3 aliphatic rings. The highest BCUT2D eigenvalue weighted by atomic mass is 16.2. The number of carbonyl (C=O) groups is 2. The summed E-state index contributed by atoms with van der Waals surface area (Å²) in [6.07, 6.45) is 0.882. The van der Waals surface area contributed by atoms with Gasteiger partial charge in [0.2, 0.25) is 11.8 Å². The zero-order valence-electron chi connectivity index (χ0n) is 13.9. The van der Waals surface area contributed by atoms with Crippen molar-refractivity contribution < 1.29 is 9.59 Å². The largest absolute Gasteiger partial charge is 0.325 e. The number of nitrogens with zero attached hydrogens (tertiary/aromatic N) is 1. The van der Waals surface area contributed by atoms with Gasteiger partial charge < -0.3 is 5.32 Å². The van der Waals surface area contributed by atoms with Crippen molar-refractivity contribution in [3.8, 4) is 0 Å². The van der Waals surface area contributed by atoms with E-state index in [9.17, 15) is 9.59 Å². The fourth-order valence-corrected chi connectivity index (χ4v) is 3.58. The molecule has 120 valence electrons. The van der Waals surface area contributed by atoms with Gasteiger partial charge in [-0.15, -0.1) is 0 Å². The van der Waals surface area contributed by atoms with E-state index in [0.29, 0.717) is 0 Å². The maximum atomic E-state index is 12.4. The van der Waals surface area contributed by atoms with Crippen molar-refractivity contribution in [2.75, 3.05) is 5.32 Å². The Morgan fingerprint density at radius 2 is 1.83 bits per heavy atom. The molecule has 2 aliphatic heterocycles. The molecule has 0 saturated heterocycles. The molecule has 1 fully saturated rings. The number of rotatable bonds is 1. The summed E-state index contributed by atoms with van der Waals surface area (Å²) in [5.74, 6) is 0.413. The number of hydrazone groups is 1. The fourth-order valence-electron chi connectivity index (χ4n) is 3.58. The van der Waals surface area contributed by atoms with Crippen molar-refractivity contribution in [3.63, 3.8) is 0 Å². The highest BCUT2D eigenvalue weighted by Crippen LogP contribution is 2.49. The van der Waals surface area contributed by atoms with Gasteiger partial charge in [-0.05, 0) is 29.7 Å². The van der Waals surface area contributed by atoms with Crippen LogP contribution < -0.4 is 10.7 Å². The molecule has 0 aromatic heterocycles. The van der Waals surface area contributed by atoms with E-state index in [4.69, 9.17) is 0 Å². The van der Waals surface area contributed by atoms with E-state index in [1.165, 1.54) is 0 Å². The lowest BCUT2D eigenvalue weighted by atomic mass is 9.61. The maximum absolute atomic E-state index is 12.4. The number of nitrogens with one attached hydrogen (secondary N) is 2. The van der Waals surface area contributed by atoms with Gasteiger partial charge in [0, 0.05) is 22.9 Å². The zero-order chi connectivity index (χ0) is 16.6. The molecule has 1 aliphatic carbocycles. The first kappa shape index (κ1) is 14.4. The summed E-state index contributed by atoms with van der Waals surface area (Å²) in [5, 5.41) is 7.30. The summed E-state index contributed by atoms with van der Waals surface area (Å²) < 4.78 is 0. The third kappa shape index (κ3) is 1.82. The minimum absolute atomic E-state index is 0.0328. The van der Waals surface area contributed by atoms with Crippen LogP contribution in [-0.2, 0) is 15.0 Å². The molecule has 1 saturated carbocycles. The number of hydrogen-bond donors (Lipinski definition) is 2. The Labute approximate surface area is 135 Å². The number of anilines is 1. The summed E-state index contributed by atoms with van der Waals surface area (Å²) in [6, 6.07) is 6.07. The molecule has 2 atom stereocenters. The first-order valence-electron chi connectivity index (χ1n) is 8.07. The van der Waals surface area contributed by atoms with Gasteiger partial charge in [-0.2, -0.15) is 5.10 Å². The van der Waals surface area contributed by atoms with Crippen LogP contribution in [0.1, 0.15) is 45.2 Å². The molecule has 5 nitrogen and oxygen atoms in total. The summed E-state index contributed by atoms with van der Waals surface area (Å²) in [7, 11) is 0. The van der Waals surface area contributed by atoms with Crippen LogP contribution in [-0.4, -0.2) is 17.5 Å². The van der Waals surface area contributed by atoms with Crippen molar-refractivity contribution in [2.45, 2.75) is 39.5 Å². The Kier molecular flexibility index (Phi) is 2.64. The summed E-state index contributed by atoms with van der Waals surface area (Å²) in [4.78, 5) is 24.0. The lowest BCUT2D eigenvalue weighted by Gasteiger charge is -2.45. The maximum Gasteiger partial charge on any atom is 0.243 e.